The quantitative estimate of drug-likeness (QED) is 0.560. The third-order valence-electron chi connectivity index (χ3n) is 5.45. The zero-order chi connectivity index (χ0) is 20.2. The van der Waals surface area contributed by atoms with Crippen molar-refractivity contribution in [3.05, 3.63) is 81.1 Å². The minimum atomic E-state index is 0.177. The van der Waals surface area contributed by atoms with Gasteiger partial charge in [-0.15, -0.1) is 11.3 Å². The summed E-state index contributed by atoms with van der Waals surface area (Å²) in [5, 5.41) is 0.939. The van der Waals surface area contributed by atoms with Crippen molar-refractivity contribution in [2.45, 2.75) is 52.1 Å². The Kier molecular flexibility index (Phi) is 6.16. The van der Waals surface area contributed by atoms with E-state index in [1.165, 1.54) is 34.4 Å². The highest BCUT2D eigenvalue weighted by atomic mass is 32.1. The summed E-state index contributed by atoms with van der Waals surface area (Å²) < 4.78 is 0. The molecule has 0 N–H and O–H groups in total. The van der Waals surface area contributed by atoms with Crippen molar-refractivity contribution in [1.82, 2.24) is 14.9 Å². The average Bonchev–Trinajstić information content (AvgIpc) is 3.34. The van der Waals surface area contributed by atoms with Crippen LogP contribution >= 0.6 is 11.3 Å². The number of carbonyl (C=O) groups excluding carboxylic acids is 1. The van der Waals surface area contributed by atoms with E-state index < -0.39 is 0 Å². The molecule has 150 valence electrons. The average molecular weight is 406 g/mol. The van der Waals surface area contributed by atoms with Crippen LogP contribution in [0.25, 0.3) is 0 Å². The van der Waals surface area contributed by atoms with Gasteiger partial charge in [-0.05, 0) is 62.4 Å². The number of hydrogen-bond acceptors (Lipinski definition) is 5. The first-order valence-corrected chi connectivity index (χ1v) is 11.1. The summed E-state index contributed by atoms with van der Waals surface area (Å²) in [4.78, 5) is 24.1. The first-order chi connectivity index (χ1) is 14.1. The molecule has 1 aliphatic heterocycles. The summed E-state index contributed by atoms with van der Waals surface area (Å²) in [6, 6.07) is 13.6. The molecule has 0 amide bonds. The van der Waals surface area contributed by atoms with Crippen LogP contribution in [0.3, 0.4) is 0 Å². The van der Waals surface area contributed by atoms with E-state index in [4.69, 9.17) is 0 Å². The van der Waals surface area contributed by atoms with Crippen molar-refractivity contribution < 1.29 is 4.79 Å². The topological polar surface area (TPSA) is 46.1 Å². The van der Waals surface area contributed by atoms with Crippen molar-refractivity contribution in [2.24, 2.45) is 0 Å². The first-order valence-electron chi connectivity index (χ1n) is 10.2. The van der Waals surface area contributed by atoms with Crippen molar-refractivity contribution >= 4 is 17.1 Å². The van der Waals surface area contributed by atoms with E-state index in [9.17, 15) is 4.79 Å². The zero-order valence-electron chi connectivity index (χ0n) is 17.1. The summed E-state index contributed by atoms with van der Waals surface area (Å²) in [5.41, 5.74) is 4.96. The van der Waals surface area contributed by atoms with Gasteiger partial charge in [0.15, 0.2) is 0 Å². The second kappa shape index (κ2) is 8.97. The largest absolute Gasteiger partial charge is 0.300 e. The summed E-state index contributed by atoms with van der Waals surface area (Å²) in [7, 11) is 0. The van der Waals surface area contributed by atoms with E-state index >= 15 is 0 Å². The number of thiazole rings is 1. The predicted octanol–water partition coefficient (Wildman–Crippen LogP) is 4.91. The molecule has 0 aliphatic carbocycles. The summed E-state index contributed by atoms with van der Waals surface area (Å²) in [6.45, 7) is 5.71. The Labute approximate surface area is 176 Å². The molecule has 0 bridgehead atoms. The number of pyridine rings is 1. The number of Topliss-reactive ketones (excluding diaryl/α,β-unsaturated/α-hetero) is 1. The second-order valence-electron chi connectivity index (χ2n) is 7.96. The molecule has 0 spiro atoms. The summed E-state index contributed by atoms with van der Waals surface area (Å²) >= 11 is 1.70. The molecule has 4 nitrogen and oxygen atoms in total. The Morgan fingerprint density at radius 2 is 1.83 bits per heavy atom. The monoisotopic (exact) mass is 405 g/mol. The predicted molar refractivity (Wildman–Crippen MR) is 117 cm³/mol. The molecule has 1 aromatic carbocycles. The highest BCUT2D eigenvalue weighted by Crippen LogP contribution is 2.36. The van der Waals surface area contributed by atoms with Crippen LogP contribution in [0.5, 0.6) is 0 Å². The van der Waals surface area contributed by atoms with Gasteiger partial charge in [0.2, 0.25) is 0 Å². The van der Waals surface area contributed by atoms with Crippen molar-refractivity contribution in [2.75, 3.05) is 6.54 Å². The molecule has 29 heavy (non-hydrogen) atoms. The summed E-state index contributed by atoms with van der Waals surface area (Å²) in [6.07, 6.45) is 7.69. The molecule has 0 saturated carbocycles. The molecule has 1 aliphatic rings. The lowest BCUT2D eigenvalue weighted by molar-refractivity contribution is -0.116. The van der Waals surface area contributed by atoms with Crippen LogP contribution in [0.2, 0.25) is 0 Å². The molecule has 1 saturated heterocycles. The molecule has 1 unspecified atom stereocenters. The lowest BCUT2D eigenvalue weighted by atomic mass is 10.0. The second-order valence-corrected chi connectivity index (χ2v) is 9.11. The zero-order valence-corrected chi connectivity index (χ0v) is 17.9. The molecule has 0 radical (unpaired) electrons. The van der Waals surface area contributed by atoms with Crippen LogP contribution in [-0.2, 0) is 24.2 Å². The minimum Gasteiger partial charge on any atom is -0.300 e. The van der Waals surface area contributed by atoms with E-state index in [0.29, 0.717) is 12.5 Å². The highest BCUT2D eigenvalue weighted by Gasteiger charge is 2.27. The van der Waals surface area contributed by atoms with Crippen LogP contribution in [0.4, 0.5) is 0 Å². The molecule has 1 fully saturated rings. The number of rotatable bonds is 7. The number of ketones is 1. The lowest BCUT2D eigenvalue weighted by Crippen LogP contribution is -2.22. The van der Waals surface area contributed by atoms with Crippen LogP contribution in [0.15, 0.2) is 48.8 Å². The third kappa shape index (κ3) is 5.17. The maximum atomic E-state index is 11.4. The fourth-order valence-corrected chi connectivity index (χ4v) is 5.11. The van der Waals surface area contributed by atoms with E-state index in [-0.39, 0.29) is 5.78 Å². The number of aryl methyl sites for hydroxylation is 1. The number of carbonyl (C=O) groups is 1. The normalized spacial score (nSPS) is 17.0. The number of benzene rings is 1. The Hall–Kier alpha value is -2.37. The van der Waals surface area contributed by atoms with Gasteiger partial charge in [0.05, 0.1) is 6.42 Å². The first kappa shape index (κ1) is 19.9. The SMILES string of the molecule is CC(=O)Cc1ncc(C2CCCN2Cc2ccc(Cc3ccc(C)nc3)cc2)s1. The van der Waals surface area contributed by atoms with Crippen LogP contribution in [0.1, 0.15) is 58.1 Å². The number of likely N-dealkylation sites (tertiary alicyclic amines) is 1. The van der Waals surface area contributed by atoms with Crippen LogP contribution < -0.4 is 0 Å². The third-order valence-corrected chi connectivity index (χ3v) is 6.55. The molecule has 3 heterocycles. The van der Waals surface area contributed by atoms with Gasteiger partial charge in [0.1, 0.15) is 10.8 Å². The van der Waals surface area contributed by atoms with Crippen molar-refractivity contribution in [3.63, 3.8) is 0 Å². The fourth-order valence-electron chi connectivity index (χ4n) is 3.95. The molecule has 5 heteroatoms. The van der Waals surface area contributed by atoms with Gasteiger partial charge in [-0.25, -0.2) is 4.98 Å². The van der Waals surface area contributed by atoms with E-state index in [1.54, 1.807) is 18.3 Å². The Bertz CT molecular complexity index is 963. The van der Waals surface area contributed by atoms with E-state index in [2.05, 4.69) is 51.3 Å². The Morgan fingerprint density at radius 1 is 1.07 bits per heavy atom. The van der Waals surface area contributed by atoms with Gasteiger partial charge < -0.3 is 0 Å². The van der Waals surface area contributed by atoms with Crippen molar-refractivity contribution in [1.29, 1.82) is 0 Å². The van der Waals surface area contributed by atoms with Gasteiger partial charge in [0, 0.05) is 35.6 Å². The summed E-state index contributed by atoms with van der Waals surface area (Å²) in [5.74, 6) is 0.177. The maximum Gasteiger partial charge on any atom is 0.136 e. The van der Waals surface area contributed by atoms with Crippen LogP contribution in [0, 0.1) is 6.92 Å². The van der Waals surface area contributed by atoms with E-state index in [1.807, 2.05) is 19.3 Å². The standard InChI is InChI=1S/C24H27N3OS/c1-17-5-6-21(14-25-17)13-19-7-9-20(10-8-19)16-27-11-3-4-22(27)23-15-26-24(29-23)12-18(2)28/h5-10,14-15,22H,3-4,11-13,16H2,1-2H3. The van der Waals surface area contributed by atoms with Crippen LogP contribution in [-0.4, -0.2) is 27.2 Å². The molecule has 1 atom stereocenters. The van der Waals surface area contributed by atoms with Crippen molar-refractivity contribution in [3.8, 4) is 0 Å². The maximum absolute atomic E-state index is 11.4. The fraction of sp³-hybridized carbons (Fsp3) is 0.375. The Balaban J connectivity index is 1.39. The number of nitrogens with zero attached hydrogens (tertiary/aromatic N) is 3. The van der Waals surface area contributed by atoms with Gasteiger partial charge in [-0.3, -0.25) is 14.7 Å². The van der Waals surface area contributed by atoms with E-state index in [0.717, 1.165) is 30.2 Å². The molecular weight excluding hydrogens is 378 g/mol. The molecule has 4 rings (SSSR count). The Morgan fingerprint density at radius 3 is 2.55 bits per heavy atom. The molecule has 2 aromatic heterocycles. The highest BCUT2D eigenvalue weighted by molar-refractivity contribution is 7.11. The smallest absolute Gasteiger partial charge is 0.136 e. The molecule has 3 aromatic rings. The van der Waals surface area contributed by atoms with Gasteiger partial charge in [0.25, 0.3) is 0 Å². The van der Waals surface area contributed by atoms with Gasteiger partial charge in [-0.2, -0.15) is 0 Å². The lowest BCUT2D eigenvalue weighted by Gasteiger charge is -2.23. The minimum absolute atomic E-state index is 0.177. The molecular formula is C24H27N3OS. The number of hydrogen-bond donors (Lipinski definition) is 0. The van der Waals surface area contributed by atoms with Gasteiger partial charge in [-0.1, -0.05) is 30.3 Å². The van der Waals surface area contributed by atoms with Gasteiger partial charge >= 0.3 is 0 Å². The number of aromatic nitrogens is 2.